The van der Waals surface area contributed by atoms with Crippen LogP contribution in [0.2, 0.25) is 0 Å². The van der Waals surface area contributed by atoms with Gasteiger partial charge in [-0.2, -0.15) is 20.4 Å². The van der Waals surface area contributed by atoms with Gasteiger partial charge >= 0.3 is 0 Å². The zero-order chi connectivity index (χ0) is 11.5. The van der Waals surface area contributed by atoms with Crippen LogP contribution >= 0.6 is 0 Å². The summed E-state index contributed by atoms with van der Waals surface area (Å²) in [5, 5.41) is 17.4. The number of hydrogen-bond acceptors (Lipinski definition) is 6. The monoisotopic (exact) mass is 234 g/mol. The molecule has 0 bridgehead atoms. The third kappa shape index (κ3) is 2.33. The van der Waals surface area contributed by atoms with Crippen molar-refractivity contribution in [3.8, 4) is 11.5 Å². The third-order valence-corrected chi connectivity index (χ3v) is 3.01. The Hall–Kier alpha value is -1.76. The molecule has 2 N–H and O–H groups in total. The molecule has 0 saturated heterocycles. The SMILES string of the molecule is c1n[nH]nc1-c1noc(CNC2CCCC2)n1. The van der Waals surface area contributed by atoms with Crippen molar-refractivity contribution in [2.75, 3.05) is 0 Å². The van der Waals surface area contributed by atoms with E-state index in [1.54, 1.807) is 6.20 Å². The molecule has 2 aromatic heterocycles. The maximum absolute atomic E-state index is 5.14. The summed E-state index contributed by atoms with van der Waals surface area (Å²) < 4.78 is 5.14. The topological polar surface area (TPSA) is 92.5 Å². The van der Waals surface area contributed by atoms with Gasteiger partial charge in [-0.15, -0.1) is 0 Å². The second kappa shape index (κ2) is 4.62. The van der Waals surface area contributed by atoms with E-state index in [0.29, 0.717) is 30.0 Å². The quantitative estimate of drug-likeness (QED) is 0.816. The predicted molar refractivity (Wildman–Crippen MR) is 58.8 cm³/mol. The number of nitrogens with zero attached hydrogens (tertiary/aromatic N) is 4. The Balaban J connectivity index is 1.60. The minimum absolute atomic E-state index is 0.474. The van der Waals surface area contributed by atoms with Crippen LogP contribution in [0.25, 0.3) is 11.5 Å². The van der Waals surface area contributed by atoms with Crippen molar-refractivity contribution >= 4 is 0 Å². The van der Waals surface area contributed by atoms with Crippen LogP contribution in [0.1, 0.15) is 31.6 Å². The van der Waals surface area contributed by atoms with Crippen molar-refractivity contribution in [2.24, 2.45) is 0 Å². The molecule has 2 aromatic rings. The molecule has 0 atom stereocenters. The van der Waals surface area contributed by atoms with Crippen LogP contribution < -0.4 is 5.32 Å². The molecule has 0 spiro atoms. The van der Waals surface area contributed by atoms with Gasteiger partial charge in [0.1, 0.15) is 0 Å². The second-order valence-electron chi connectivity index (χ2n) is 4.23. The molecule has 3 rings (SSSR count). The molecule has 0 amide bonds. The van der Waals surface area contributed by atoms with Gasteiger partial charge in [0.2, 0.25) is 11.7 Å². The Morgan fingerprint density at radius 2 is 2.29 bits per heavy atom. The Kier molecular flexibility index (Phi) is 2.83. The maximum atomic E-state index is 5.14. The number of aromatic amines is 1. The fraction of sp³-hybridized carbons (Fsp3) is 0.600. The van der Waals surface area contributed by atoms with Crippen molar-refractivity contribution < 1.29 is 4.52 Å². The minimum atomic E-state index is 0.474. The summed E-state index contributed by atoms with van der Waals surface area (Å²) in [4.78, 5) is 4.25. The number of rotatable bonds is 4. The molecule has 1 saturated carbocycles. The van der Waals surface area contributed by atoms with E-state index in [0.717, 1.165) is 0 Å². The minimum Gasteiger partial charge on any atom is -0.337 e. The Morgan fingerprint density at radius 3 is 3.06 bits per heavy atom. The number of hydrogen-bond donors (Lipinski definition) is 2. The van der Waals surface area contributed by atoms with Gasteiger partial charge in [0.15, 0.2) is 5.69 Å². The largest absolute Gasteiger partial charge is 0.337 e. The van der Waals surface area contributed by atoms with E-state index < -0.39 is 0 Å². The molecule has 0 radical (unpaired) electrons. The van der Waals surface area contributed by atoms with Gasteiger partial charge in [-0.1, -0.05) is 18.0 Å². The molecule has 1 aliphatic rings. The van der Waals surface area contributed by atoms with Gasteiger partial charge in [0, 0.05) is 6.04 Å². The summed E-state index contributed by atoms with van der Waals surface area (Å²) in [6.45, 7) is 0.621. The lowest BCUT2D eigenvalue weighted by atomic mass is 10.2. The normalized spacial score (nSPS) is 16.7. The molecule has 7 heteroatoms. The molecular formula is C10H14N6O. The predicted octanol–water partition coefficient (Wildman–Crippen LogP) is 0.887. The zero-order valence-corrected chi connectivity index (χ0v) is 9.39. The van der Waals surface area contributed by atoms with Crippen molar-refractivity contribution in [1.29, 1.82) is 0 Å². The van der Waals surface area contributed by atoms with Crippen LogP contribution in [-0.2, 0) is 6.54 Å². The molecule has 2 heterocycles. The molecule has 7 nitrogen and oxygen atoms in total. The summed E-state index contributed by atoms with van der Waals surface area (Å²) in [6.07, 6.45) is 6.67. The lowest BCUT2D eigenvalue weighted by Gasteiger charge is -2.08. The summed E-state index contributed by atoms with van der Waals surface area (Å²) >= 11 is 0. The second-order valence-corrected chi connectivity index (χ2v) is 4.23. The first-order valence-corrected chi connectivity index (χ1v) is 5.84. The van der Waals surface area contributed by atoms with E-state index >= 15 is 0 Å². The summed E-state index contributed by atoms with van der Waals surface area (Å²) in [5.74, 6) is 1.07. The van der Waals surface area contributed by atoms with E-state index in [1.165, 1.54) is 25.7 Å². The lowest BCUT2D eigenvalue weighted by molar-refractivity contribution is 0.357. The molecule has 17 heavy (non-hydrogen) atoms. The van der Waals surface area contributed by atoms with E-state index in [4.69, 9.17) is 4.52 Å². The van der Waals surface area contributed by atoms with Crippen molar-refractivity contribution in [1.82, 2.24) is 30.9 Å². The summed E-state index contributed by atoms with van der Waals surface area (Å²) in [7, 11) is 0. The molecule has 90 valence electrons. The van der Waals surface area contributed by atoms with Crippen LogP contribution in [0.5, 0.6) is 0 Å². The van der Waals surface area contributed by atoms with Crippen LogP contribution in [0.3, 0.4) is 0 Å². The van der Waals surface area contributed by atoms with Crippen LogP contribution in [0.4, 0.5) is 0 Å². The van der Waals surface area contributed by atoms with E-state index in [2.05, 4.69) is 30.9 Å². The fourth-order valence-corrected chi connectivity index (χ4v) is 2.10. The van der Waals surface area contributed by atoms with Gasteiger partial charge in [0.05, 0.1) is 12.7 Å². The highest BCUT2D eigenvalue weighted by atomic mass is 16.5. The van der Waals surface area contributed by atoms with Gasteiger partial charge in [-0.3, -0.25) is 0 Å². The Labute approximate surface area is 98.0 Å². The first kappa shape index (κ1) is 10.4. The summed E-state index contributed by atoms with van der Waals surface area (Å²) in [5.41, 5.74) is 0.598. The van der Waals surface area contributed by atoms with Crippen LogP contribution in [0.15, 0.2) is 10.7 Å². The molecule has 1 fully saturated rings. The van der Waals surface area contributed by atoms with Crippen molar-refractivity contribution in [2.45, 2.75) is 38.3 Å². The van der Waals surface area contributed by atoms with Gasteiger partial charge in [-0.25, -0.2) is 0 Å². The Morgan fingerprint density at radius 1 is 1.41 bits per heavy atom. The van der Waals surface area contributed by atoms with Gasteiger partial charge < -0.3 is 9.84 Å². The Bertz CT molecular complexity index is 459. The van der Waals surface area contributed by atoms with E-state index in [9.17, 15) is 0 Å². The lowest BCUT2D eigenvalue weighted by Crippen LogP contribution is -2.25. The van der Waals surface area contributed by atoms with Crippen molar-refractivity contribution in [3.05, 3.63) is 12.1 Å². The standard InChI is InChI=1S/C10H14N6O/c1-2-4-7(3-1)11-6-9-13-10(15-17-9)8-5-12-16-14-8/h5,7,11H,1-4,6H2,(H,12,14,16). The highest BCUT2D eigenvalue weighted by Crippen LogP contribution is 2.18. The first-order valence-electron chi connectivity index (χ1n) is 5.84. The van der Waals surface area contributed by atoms with Crippen LogP contribution in [-0.4, -0.2) is 31.6 Å². The van der Waals surface area contributed by atoms with Gasteiger partial charge in [0.25, 0.3) is 0 Å². The third-order valence-electron chi connectivity index (χ3n) is 3.01. The van der Waals surface area contributed by atoms with Gasteiger partial charge in [-0.05, 0) is 12.8 Å². The highest BCUT2D eigenvalue weighted by Gasteiger charge is 2.16. The summed E-state index contributed by atoms with van der Waals surface area (Å²) in [6, 6.07) is 0.595. The first-order chi connectivity index (χ1) is 8.42. The molecular weight excluding hydrogens is 220 g/mol. The van der Waals surface area contributed by atoms with E-state index in [1.807, 2.05) is 0 Å². The van der Waals surface area contributed by atoms with Crippen molar-refractivity contribution in [3.63, 3.8) is 0 Å². The zero-order valence-electron chi connectivity index (χ0n) is 9.39. The number of aromatic nitrogens is 5. The van der Waals surface area contributed by atoms with E-state index in [-0.39, 0.29) is 0 Å². The molecule has 0 aromatic carbocycles. The highest BCUT2D eigenvalue weighted by molar-refractivity contribution is 5.44. The average molecular weight is 234 g/mol. The molecule has 0 aliphatic heterocycles. The number of nitrogens with one attached hydrogen (secondary N) is 2. The molecule has 0 unspecified atom stereocenters. The molecule has 1 aliphatic carbocycles. The smallest absolute Gasteiger partial charge is 0.240 e. The van der Waals surface area contributed by atoms with Crippen LogP contribution in [0, 0.1) is 0 Å². The average Bonchev–Trinajstić information content (AvgIpc) is 3.09. The number of H-pyrrole nitrogens is 1. The fourth-order valence-electron chi connectivity index (χ4n) is 2.10. The maximum Gasteiger partial charge on any atom is 0.240 e.